The summed E-state index contributed by atoms with van der Waals surface area (Å²) in [4.78, 5) is 15.9. The molecule has 1 aliphatic rings. The van der Waals surface area contributed by atoms with E-state index >= 15 is 0 Å². The minimum Gasteiger partial charge on any atom is -0.353 e. The number of H-pyrrole nitrogens is 1. The molecule has 2 rings (SSSR count). The molecule has 2 atom stereocenters. The lowest BCUT2D eigenvalue weighted by Crippen LogP contribution is -2.28. The molecule has 1 aromatic heterocycles. The predicted octanol–water partition coefficient (Wildman–Crippen LogP) is 2.96. The maximum Gasteiger partial charge on any atom is 0.225 e. The van der Waals surface area contributed by atoms with E-state index in [4.69, 9.17) is 12.2 Å². The monoisotopic (exact) mass is 270 g/mol. The van der Waals surface area contributed by atoms with E-state index in [1.165, 1.54) is 24.2 Å². The maximum absolute atomic E-state index is 11.8. The minimum atomic E-state index is 0.127. The molecular weight excluding hydrogens is 252 g/mol. The molecule has 1 fully saturated rings. The fourth-order valence-electron chi connectivity index (χ4n) is 2.12. The standard InChI is InChI=1S/C12H18N2OS2/c1-3-4-8-5-9(8)14-11(15)6-10-7(2)13-12(16)17-10/h8-9H,3-6H2,1-2H3,(H,13,16)(H,14,15). The average Bonchev–Trinajstić information content (AvgIpc) is 2.87. The average molecular weight is 270 g/mol. The van der Waals surface area contributed by atoms with Gasteiger partial charge in [0.2, 0.25) is 5.91 Å². The van der Waals surface area contributed by atoms with E-state index in [0.717, 1.165) is 26.9 Å². The fraction of sp³-hybridized carbons (Fsp3) is 0.667. The molecule has 0 bridgehead atoms. The second-order valence-electron chi connectivity index (χ2n) is 4.70. The molecule has 17 heavy (non-hydrogen) atoms. The first-order valence-corrected chi connectivity index (χ1v) is 7.30. The first-order valence-electron chi connectivity index (χ1n) is 6.08. The van der Waals surface area contributed by atoms with Crippen molar-refractivity contribution < 1.29 is 4.79 Å². The van der Waals surface area contributed by atoms with Crippen molar-refractivity contribution in [2.75, 3.05) is 0 Å². The third-order valence-electron chi connectivity index (χ3n) is 3.17. The van der Waals surface area contributed by atoms with Crippen molar-refractivity contribution in [3.63, 3.8) is 0 Å². The second-order valence-corrected chi connectivity index (χ2v) is 6.47. The number of carbonyl (C=O) groups is 1. The smallest absolute Gasteiger partial charge is 0.225 e. The Morgan fingerprint density at radius 2 is 2.41 bits per heavy atom. The van der Waals surface area contributed by atoms with Crippen molar-refractivity contribution in [1.29, 1.82) is 0 Å². The Morgan fingerprint density at radius 3 is 3.00 bits per heavy atom. The second kappa shape index (κ2) is 5.31. The Morgan fingerprint density at radius 1 is 1.65 bits per heavy atom. The molecule has 2 N–H and O–H groups in total. The Kier molecular flexibility index (Phi) is 3.99. The summed E-state index contributed by atoms with van der Waals surface area (Å²) in [5.74, 6) is 0.844. The number of amides is 1. The number of hydrogen-bond acceptors (Lipinski definition) is 3. The molecule has 1 aromatic rings. The summed E-state index contributed by atoms with van der Waals surface area (Å²) in [6, 6.07) is 0.426. The van der Waals surface area contributed by atoms with Gasteiger partial charge in [0.05, 0.1) is 6.42 Å². The lowest BCUT2D eigenvalue weighted by molar-refractivity contribution is -0.120. The van der Waals surface area contributed by atoms with Crippen molar-refractivity contribution in [3.8, 4) is 0 Å². The molecule has 0 saturated heterocycles. The molecule has 1 saturated carbocycles. The highest BCUT2D eigenvalue weighted by Gasteiger charge is 2.37. The van der Waals surface area contributed by atoms with Crippen molar-refractivity contribution in [2.45, 2.75) is 45.6 Å². The molecule has 0 spiro atoms. The Bertz CT molecular complexity index is 463. The van der Waals surface area contributed by atoms with Gasteiger partial charge in [-0.15, -0.1) is 11.3 Å². The molecular formula is C12H18N2OS2. The molecule has 94 valence electrons. The molecule has 5 heteroatoms. The Labute approximate surface area is 111 Å². The zero-order chi connectivity index (χ0) is 12.4. The largest absolute Gasteiger partial charge is 0.353 e. The van der Waals surface area contributed by atoms with Gasteiger partial charge in [-0.05, 0) is 37.9 Å². The van der Waals surface area contributed by atoms with Crippen LogP contribution in [0.5, 0.6) is 0 Å². The van der Waals surface area contributed by atoms with Crippen molar-refractivity contribution in [2.24, 2.45) is 5.92 Å². The minimum absolute atomic E-state index is 0.127. The Balaban J connectivity index is 1.82. The highest BCUT2D eigenvalue weighted by molar-refractivity contribution is 7.73. The molecule has 1 heterocycles. The van der Waals surface area contributed by atoms with Crippen LogP contribution in [0, 0.1) is 16.8 Å². The number of carbonyl (C=O) groups excluding carboxylic acids is 1. The Hall–Kier alpha value is -0.680. The van der Waals surface area contributed by atoms with Gasteiger partial charge in [0.25, 0.3) is 0 Å². The van der Waals surface area contributed by atoms with Gasteiger partial charge in [0.1, 0.15) is 0 Å². The van der Waals surface area contributed by atoms with Gasteiger partial charge in [-0.3, -0.25) is 4.79 Å². The summed E-state index contributed by atoms with van der Waals surface area (Å²) in [6.07, 6.45) is 4.04. The molecule has 0 aliphatic heterocycles. The van der Waals surface area contributed by atoms with Crippen molar-refractivity contribution in [3.05, 3.63) is 14.5 Å². The van der Waals surface area contributed by atoms with Gasteiger partial charge in [-0.2, -0.15) is 0 Å². The van der Waals surface area contributed by atoms with E-state index in [0.29, 0.717) is 12.5 Å². The van der Waals surface area contributed by atoms with Crippen LogP contribution >= 0.6 is 23.6 Å². The quantitative estimate of drug-likeness (QED) is 0.808. The zero-order valence-electron chi connectivity index (χ0n) is 10.2. The molecule has 1 aliphatic carbocycles. The van der Waals surface area contributed by atoms with E-state index in [9.17, 15) is 4.79 Å². The summed E-state index contributed by atoms with van der Waals surface area (Å²) in [6.45, 7) is 4.15. The third-order valence-corrected chi connectivity index (χ3v) is 4.51. The number of thiazole rings is 1. The van der Waals surface area contributed by atoms with Gasteiger partial charge in [0, 0.05) is 16.6 Å². The molecule has 0 aromatic carbocycles. The highest BCUT2D eigenvalue weighted by atomic mass is 32.1. The first kappa shape index (κ1) is 12.8. The molecule has 3 nitrogen and oxygen atoms in total. The van der Waals surface area contributed by atoms with Gasteiger partial charge in [0.15, 0.2) is 3.95 Å². The van der Waals surface area contributed by atoms with Crippen LogP contribution in [0.1, 0.15) is 36.8 Å². The number of nitrogens with one attached hydrogen (secondary N) is 2. The van der Waals surface area contributed by atoms with E-state index in [1.807, 2.05) is 6.92 Å². The number of aryl methyl sites for hydroxylation is 1. The van der Waals surface area contributed by atoms with Crippen LogP contribution in [-0.2, 0) is 11.2 Å². The molecule has 1 amide bonds. The SMILES string of the molecule is CCCC1CC1NC(=O)Cc1sc(=S)[nH]c1C. The van der Waals surface area contributed by atoms with Crippen molar-refractivity contribution in [1.82, 2.24) is 10.3 Å². The van der Waals surface area contributed by atoms with Crippen LogP contribution < -0.4 is 5.32 Å². The summed E-state index contributed by atoms with van der Waals surface area (Å²) < 4.78 is 0.751. The van der Waals surface area contributed by atoms with Crippen LogP contribution in [0.15, 0.2) is 0 Å². The van der Waals surface area contributed by atoms with Gasteiger partial charge in [-0.1, -0.05) is 13.3 Å². The summed E-state index contributed by atoms with van der Waals surface area (Å²) in [7, 11) is 0. The van der Waals surface area contributed by atoms with E-state index < -0.39 is 0 Å². The summed E-state index contributed by atoms with van der Waals surface area (Å²) in [5, 5.41) is 3.09. The fourth-order valence-corrected chi connectivity index (χ4v) is 3.41. The molecule has 0 radical (unpaired) electrons. The van der Waals surface area contributed by atoms with Gasteiger partial charge in [-0.25, -0.2) is 0 Å². The molecule has 2 unspecified atom stereocenters. The normalized spacial score (nSPS) is 22.5. The number of aromatic amines is 1. The number of aromatic nitrogens is 1. The number of hydrogen-bond donors (Lipinski definition) is 2. The maximum atomic E-state index is 11.8. The number of rotatable bonds is 5. The summed E-state index contributed by atoms with van der Waals surface area (Å²) in [5.41, 5.74) is 1.02. The van der Waals surface area contributed by atoms with E-state index in [-0.39, 0.29) is 5.91 Å². The van der Waals surface area contributed by atoms with Crippen LogP contribution in [-0.4, -0.2) is 16.9 Å². The van der Waals surface area contributed by atoms with Crippen LogP contribution in [0.4, 0.5) is 0 Å². The zero-order valence-corrected chi connectivity index (χ0v) is 11.8. The highest BCUT2D eigenvalue weighted by Crippen LogP contribution is 2.34. The summed E-state index contributed by atoms with van der Waals surface area (Å²) >= 11 is 6.56. The van der Waals surface area contributed by atoms with Gasteiger partial charge >= 0.3 is 0 Å². The topological polar surface area (TPSA) is 44.9 Å². The van der Waals surface area contributed by atoms with E-state index in [1.54, 1.807) is 0 Å². The van der Waals surface area contributed by atoms with Gasteiger partial charge < -0.3 is 10.3 Å². The van der Waals surface area contributed by atoms with Crippen LogP contribution in [0.3, 0.4) is 0 Å². The predicted molar refractivity (Wildman–Crippen MR) is 72.9 cm³/mol. The third kappa shape index (κ3) is 3.39. The lowest BCUT2D eigenvalue weighted by atomic mass is 10.2. The van der Waals surface area contributed by atoms with E-state index in [2.05, 4.69) is 17.2 Å². The van der Waals surface area contributed by atoms with Crippen LogP contribution in [0.2, 0.25) is 0 Å². The van der Waals surface area contributed by atoms with Crippen LogP contribution in [0.25, 0.3) is 0 Å². The first-order chi connectivity index (χ1) is 8.10. The lowest BCUT2D eigenvalue weighted by Gasteiger charge is -2.03. The van der Waals surface area contributed by atoms with Crippen molar-refractivity contribution >= 4 is 29.5 Å².